The van der Waals surface area contributed by atoms with Crippen LogP contribution in [0.5, 0.6) is 5.75 Å². The normalized spacial score (nSPS) is 23.9. The van der Waals surface area contributed by atoms with Gasteiger partial charge in [-0.15, -0.1) is 0 Å². The highest BCUT2D eigenvalue weighted by atomic mass is 16.5. The lowest BCUT2D eigenvalue weighted by Crippen LogP contribution is -2.23. The maximum atomic E-state index is 6.00. The van der Waals surface area contributed by atoms with E-state index in [9.17, 15) is 0 Å². The molecule has 0 unspecified atom stereocenters. The monoisotopic (exact) mass is 248 g/mol. The summed E-state index contributed by atoms with van der Waals surface area (Å²) in [5.41, 5.74) is 1.06. The van der Waals surface area contributed by atoms with Gasteiger partial charge in [-0.05, 0) is 50.8 Å². The average molecular weight is 248 g/mol. The molecule has 1 aromatic heterocycles. The van der Waals surface area contributed by atoms with Gasteiger partial charge in [-0.25, -0.2) is 0 Å². The van der Waals surface area contributed by atoms with Gasteiger partial charge in [0.15, 0.2) is 0 Å². The van der Waals surface area contributed by atoms with Gasteiger partial charge in [0.05, 0.1) is 18.0 Å². The minimum absolute atomic E-state index is 0.393. The van der Waals surface area contributed by atoms with Gasteiger partial charge < -0.3 is 10.1 Å². The Hall–Kier alpha value is -1.09. The minimum Gasteiger partial charge on any atom is -0.489 e. The van der Waals surface area contributed by atoms with E-state index in [2.05, 4.69) is 17.2 Å². The Morgan fingerprint density at radius 1 is 1.28 bits per heavy atom. The predicted octanol–water partition coefficient (Wildman–Crippen LogP) is 3.15. The highest BCUT2D eigenvalue weighted by Crippen LogP contribution is 2.29. The van der Waals surface area contributed by atoms with E-state index in [0.29, 0.717) is 6.10 Å². The van der Waals surface area contributed by atoms with E-state index >= 15 is 0 Å². The Bertz CT molecular complexity index is 342. The lowest BCUT2D eigenvalue weighted by molar-refractivity contribution is 0.129. The molecule has 0 saturated heterocycles. The maximum absolute atomic E-state index is 6.00. The molecule has 1 fully saturated rings. The van der Waals surface area contributed by atoms with Gasteiger partial charge in [0.1, 0.15) is 5.75 Å². The fourth-order valence-electron chi connectivity index (χ4n) is 2.62. The van der Waals surface area contributed by atoms with E-state index in [4.69, 9.17) is 4.74 Å². The molecule has 0 spiro atoms. The zero-order chi connectivity index (χ0) is 12.8. The van der Waals surface area contributed by atoms with E-state index in [0.717, 1.165) is 23.9 Å². The van der Waals surface area contributed by atoms with Gasteiger partial charge in [-0.1, -0.05) is 13.3 Å². The standard InChI is InChI=1S/C15H24N2O/c1-3-12-4-7-14(8-5-12)18-15-9-6-13(10-16-2)17-11-15/h6,9,11-12,14,16H,3-5,7-8,10H2,1-2H3. The molecule has 1 aromatic rings. The van der Waals surface area contributed by atoms with Crippen LogP contribution in [0.1, 0.15) is 44.7 Å². The van der Waals surface area contributed by atoms with Crippen LogP contribution in [0, 0.1) is 5.92 Å². The maximum Gasteiger partial charge on any atom is 0.138 e. The molecule has 0 amide bonds. The Balaban J connectivity index is 1.82. The van der Waals surface area contributed by atoms with Crippen molar-refractivity contribution in [2.75, 3.05) is 7.05 Å². The molecule has 2 rings (SSSR count). The zero-order valence-electron chi connectivity index (χ0n) is 11.5. The number of nitrogens with zero attached hydrogens (tertiary/aromatic N) is 1. The number of pyridine rings is 1. The predicted molar refractivity (Wildman–Crippen MR) is 73.7 cm³/mol. The second kappa shape index (κ2) is 6.74. The van der Waals surface area contributed by atoms with Crippen molar-refractivity contribution in [2.45, 2.75) is 51.7 Å². The molecule has 0 radical (unpaired) electrons. The van der Waals surface area contributed by atoms with Crippen molar-refractivity contribution in [3.8, 4) is 5.75 Å². The third-order valence-electron chi connectivity index (χ3n) is 3.83. The number of aromatic nitrogens is 1. The second-order valence-corrected chi connectivity index (χ2v) is 5.18. The van der Waals surface area contributed by atoms with Crippen molar-refractivity contribution in [3.05, 3.63) is 24.0 Å². The molecule has 0 atom stereocenters. The molecular weight excluding hydrogens is 224 g/mol. The first-order chi connectivity index (χ1) is 8.81. The summed E-state index contributed by atoms with van der Waals surface area (Å²) in [5.74, 6) is 1.83. The first-order valence-corrected chi connectivity index (χ1v) is 7.08. The van der Waals surface area contributed by atoms with Gasteiger partial charge in [0, 0.05) is 6.54 Å². The Kier molecular flexibility index (Phi) is 5.00. The van der Waals surface area contributed by atoms with E-state index in [1.807, 2.05) is 25.4 Å². The quantitative estimate of drug-likeness (QED) is 0.869. The van der Waals surface area contributed by atoms with Crippen molar-refractivity contribution in [1.29, 1.82) is 0 Å². The first-order valence-electron chi connectivity index (χ1n) is 7.08. The second-order valence-electron chi connectivity index (χ2n) is 5.18. The summed E-state index contributed by atoms with van der Waals surface area (Å²) < 4.78 is 6.00. The number of hydrogen-bond acceptors (Lipinski definition) is 3. The van der Waals surface area contributed by atoms with Crippen LogP contribution in [0.15, 0.2) is 18.3 Å². The third-order valence-corrected chi connectivity index (χ3v) is 3.83. The van der Waals surface area contributed by atoms with Crippen LogP contribution in [0.4, 0.5) is 0 Å². The van der Waals surface area contributed by atoms with Crippen LogP contribution in [-0.4, -0.2) is 18.1 Å². The van der Waals surface area contributed by atoms with Gasteiger partial charge in [-0.2, -0.15) is 0 Å². The van der Waals surface area contributed by atoms with Crippen LogP contribution in [-0.2, 0) is 6.54 Å². The molecule has 3 heteroatoms. The van der Waals surface area contributed by atoms with E-state index in [1.165, 1.54) is 32.1 Å². The number of hydrogen-bond donors (Lipinski definition) is 1. The fraction of sp³-hybridized carbons (Fsp3) is 0.667. The minimum atomic E-state index is 0.393. The Morgan fingerprint density at radius 2 is 2.06 bits per heavy atom. The topological polar surface area (TPSA) is 34.1 Å². The molecule has 1 heterocycles. The molecule has 1 N–H and O–H groups in total. The van der Waals surface area contributed by atoms with Crippen molar-refractivity contribution >= 4 is 0 Å². The van der Waals surface area contributed by atoms with Gasteiger partial charge in [-0.3, -0.25) is 4.98 Å². The van der Waals surface area contributed by atoms with E-state index < -0.39 is 0 Å². The SMILES string of the molecule is CCC1CCC(Oc2ccc(CNC)nc2)CC1. The highest BCUT2D eigenvalue weighted by Gasteiger charge is 2.21. The third kappa shape index (κ3) is 3.70. The van der Waals surface area contributed by atoms with Crippen LogP contribution < -0.4 is 10.1 Å². The van der Waals surface area contributed by atoms with E-state index in [1.54, 1.807) is 0 Å². The van der Waals surface area contributed by atoms with Crippen LogP contribution in [0.25, 0.3) is 0 Å². The number of ether oxygens (including phenoxy) is 1. The van der Waals surface area contributed by atoms with Crippen molar-refractivity contribution in [2.24, 2.45) is 5.92 Å². The highest BCUT2D eigenvalue weighted by molar-refractivity contribution is 5.20. The van der Waals surface area contributed by atoms with E-state index in [-0.39, 0.29) is 0 Å². The fourth-order valence-corrected chi connectivity index (χ4v) is 2.62. The summed E-state index contributed by atoms with van der Waals surface area (Å²) >= 11 is 0. The molecule has 100 valence electrons. The molecule has 3 nitrogen and oxygen atoms in total. The van der Waals surface area contributed by atoms with Crippen molar-refractivity contribution in [1.82, 2.24) is 10.3 Å². The van der Waals surface area contributed by atoms with Gasteiger partial charge in [0.25, 0.3) is 0 Å². The molecule has 18 heavy (non-hydrogen) atoms. The molecule has 1 saturated carbocycles. The first kappa shape index (κ1) is 13.3. The van der Waals surface area contributed by atoms with Gasteiger partial charge >= 0.3 is 0 Å². The zero-order valence-corrected chi connectivity index (χ0v) is 11.5. The Labute approximate surface area is 110 Å². The molecule has 0 aromatic carbocycles. The molecule has 1 aliphatic carbocycles. The average Bonchev–Trinajstić information content (AvgIpc) is 2.42. The molecular formula is C15H24N2O. The summed E-state index contributed by atoms with van der Waals surface area (Å²) in [6, 6.07) is 4.06. The van der Waals surface area contributed by atoms with Crippen molar-refractivity contribution in [3.63, 3.8) is 0 Å². The lowest BCUT2D eigenvalue weighted by Gasteiger charge is -2.28. The van der Waals surface area contributed by atoms with Crippen LogP contribution in [0.3, 0.4) is 0 Å². The smallest absolute Gasteiger partial charge is 0.138 e. The lowest BCUT2D eigenvalue weighted by atomic mass is 9.86. The summed E-state index contributed by atoms with van der Waals surface area (Å²) in [4.78, 5) is 4.38. The van der Waals surface area contributed by atoms with Gasteiger partial charge in [0.2, 0.25) is 0 Å². The summed E-state index contributed by atoms with van der Waals surface area (Å²) in [5, 5.41) is 3.09. The summed E-state index contributed by atoms with van der Waals surface area (Å²) in [6.07, 6.45) is 8.56. The van der Waals surface area contributed by atoms with Crippen LogP contribution >= 0.6 is 0 Å². The number of rotatable bonds is 5. The summed E-state index contributed by atoms with van der Waals surface area (Å²) in [6.45, 7) is 3.10. The molecule has 1 aliphatic rings. The van der Waals surface area contributed by atoms with Crippen molar-refractivity contribution < 1.29 is 4.74 Å². The molecule has 0 bridgehead atoms. The Morgan fingerprint density at radius 3 is 2.61 bits per heavy atom. The number of nitrogens with one attached hydrogen (secondary N) is 1. The largest absolute Gasteiger partial charge is 0.489 e. The van der Waals surface area contributed by atoms with Crippen LogP contribution in [0.2, 0.25) is 0 Å². The summed E-state index contributed by atoms with van der Waals surface area (Å²) in [7, 11) is 1.93. The molecule has 0 aliphatic heterocycles.